The van der Waals surface area contributed by atoms with Gasteiger partial charge in [0, 0.05) is 31.7 Å². The highest BCUT2D eigenvalue weighted by Gasteiger charge is 2.12. The van der Waals surface area contributed by atoms with E-state index in [1.165, 1.54) is 0 Å². The van der Waals surface area contributed by atoms with Gasteiger partial charge in [-0.1, -0.05) is 12.1 Å². The van der Waals surface area contributed by atoms with Crippen LogP contribution < -0.4 is 5.32 Å². The Morgan fingerprint density at radius 3 is 2.96 bits per heavy atom. The van der Waals surface area contributed by atoms with Crippen molar-refractivity contribution in [2.75, 3.05) is 6.54 Å². The maximum atomic E-state index is 12.3. The summed E-state index contributed by atoms with van der Waals surface area (Å²) in [7, 11) is 0. The summed E-state index contributed by atoms with van der Waals surface area (Å²) in [6.45, 7) is 1.07. The van der Waals surface area contributed by atoms with E-state index in [4.69, 9.17) is 0 Å². The fraction of sp³-hybridized carbons (Fsp3) is 0.111. The summed E-state index contributed by atoms with van der Waals surface area (Å²) in [4.78, 5) is 22.0. The normalized spacial score (nSPS) is 10.8. The highest BCUT2D eigenvalue weighted by molar-refractivity contribution is 7.13. The van der Waals surface area contributed by atoms with Crippen molar-refractivity contribution in [1.29, 1.82) is 0 Å². The summed E-state index contributed by atoms with van der Waals surface area (Å²) in [5.41, 5.74) is 2.03. The number of aromatic amines is 1. The number of carbonyl (C=O) groups excluding carboxylic acids is 1. The van der Waals surface area contributed by atoms with Crippen molar-refractivity contribution in [3.05, 3.63) is 66.1 Å². The third-order valence-corrected chi connectivity index (χ3v) is 4.75. The first-order chi connectivity index (χ1) is 12.8. The van der Waals surface area contributed by atoms with Crippen molar-refractivity contribution in [2.24, 2.45) is 0 Å². The molecule has 0 fully saturated rings. The van der Waals surface area contributed by atoms with Crippen molar-refractivity contribution >= 4 is 17.2 Å². The number of nitrogens with zero attached hydrogens (tertiary/aromatic N) is 4. The number of H-pyrrole nitrogens is 1. The molecule has 8 heteroatoms. The van der Waals surface area contributed by atoms with Gasteiger partial charge in [-0.15, -0.1) is 11.3 Å². The summed E-state index contributed by atoms with van der Waals surface area (Å²) in [6.07, 6.45) is 5.34. The van der Waals surface area contributed by atoms with Gasteiger partial charge in [-0.3, -0.25) is 14.9 Å². The third-order valence-electron chi connectivity index (χ3n) is 3.84. The lowest BCUT2D eigenvalue weighted by Crippen LogP contribution is -2.27. The van der Waals surface area contributed by atoms with Crippen molar-refractivity contribution in [2.45, 2.75) is 6.54 Å². The molecule has 0 unspecified atom stereocenters. The summed E-state index contributed by atoms with van der Waals surface area (Å²) in [5.74, 6) is 0.572. The first-order valence-corrected chi connectivity index (χ1v) is 8.99. The summed E-state index contributed by atoms with van der Waals surface area (Å²) in [6, 6.07) is 11.4. The predicted octanol–water partition coefficient (Wildman–Crippen LogP) is 2.83. The van der Waals surface area contributed by atoms with E-state index in [1.807, 2.05) is 46.5 Å². The van der Waals surface area contributed by atoms with E-state index < -0.39 is 0 Å². The second-order valence-electron chi connectivity index (χ2n) is 5.56. The lowest BCUT2D eigenvalue weighted by Gasteiger charge is -2.08. The highest BCUT2D eigenvalue weighted by Crippen LogP contribution is 2.22. The molecule has 0 atom stereocenters. The van der Waals surface area contributed by atoms with E-state index in [9.17, 15) is 4.79 Å². The number of aromatic nitrogens is 5. The zero-order valence-electron chi connectivity index (χ0n) is 13.8. The van der Waals surface area contributed by atoms with Crippen LogP contribution in [-0.4, -0.2) is 37.2 Å². The number of carbonyl (C=O) groups is 1. The second-order valence-corrected chi connectivity index (χ2v) is 6.51. The maximum Gasteiger partial charge on any atom is 0.271 e. The first kappa shape index (κ1) is 16.2. The van der Waals surface area contributed by atoms with E-state index in [2.05, 4.69) is 25.5 Å². The minimum atomic E-state index is -0.205. The molecule has 7 nitrogen and oxygen atoms in total. The molecule has 4 aromatic heterocycles. The molecule has 130 valence electrons. The lowest BCUT2D eigenvalue weighted by atomic mass is 10.3. The van der Waals surface area contributed by atoms with Gasteiger partial charge in [-0.25, -0.2) is 4.98 Å². The Morgan fingerprint density at radius 1 is 1.19 bits per heavy atom. The molecule has 0 aliphatic heterocycles. The van der Waals surface area contributed by atoms with Gasteiger partial charge in [-0.05, 0) is 29.6 Å². The standard InChI is InChI=1S/C18H16N6OS/c25-18(15-12-14(22-23-15)16-5-3-11-26-16)21-8-10-24-9-7-20-17(24)13-4-1-2-6-19-13/h1-7,9,11-12H,8,10H2,(H,21,25)(H,22,23). The molecule has 0 aliphatic carbocycles. The zero-order valence-corrected chi connectivity index (χ0v) is 14.6. The lowest BCUT2D eigenvalue weighted by molar-refractivity contribution is 0.0947. The molecular formula is C18H16N6OS. The highest BCUT2D eigenvalue weighted by atomic mass is 32.1. The Morgan fingerprint density at radius 2 is 2.15 bits per heavy atom. The fourth-order valence-electron chi connectivity index (χ4n) is 2.59. The van der Waals surface area contributed by atoms with Crippen LogP contribution in [0.4, 0.5) is 0 Å². The minimum Gasteiger partial charge on any atom is -0.349 e. The average Bonchev–Trinajstić information content (AvgIpc) is 3.42. The molecule has 4 heterocycles. The van der Waals surface area contributed by atoms with Gasteiger partial charge in [0.1, 0.15) is 5.69 Å². The number of rotatable bonds is 6. The van der Waals surface area contributed by atoms with E-state index >= 15 is 0 Å². The Bertz CT molecular complexity index is 990. The van der Waals surface area contributed by atoms with Crippen LogP contribution in [0, 0.1) is 0 Å². The topological polar surface area (TPSA) is 88.5 Å². The minimum absolute atomic E-state index is 0.205. The molecule has 0 saturated heterocycles. The van der Waals surface area contributed by atoms with Crippen molar-refractivity contribution in [1.82, 2.24) is 30.0 Å². The number of amides is 1. The molecule has 4 rings (SSSR count). The van der Waals surface area contributed by atoms with Gasteiger partial charge in [0.15, 0.2) is 11.5 Å². The molecule has 0 saturated carbocycles. The second kappa shape index (κ2) is 7.32. The molecule has 0 aliphatic rings. The van der Waals surface area contributed by atoms with Gasteiger partial charge in [-0.2, -0.15) is 5.10 Å². The Hall–Kier alpha value is -3.26. The largest absolute Gasteiger partial charge is 0.349 e. The number of hydrogen-bond donors (Lipinski definition) is 2. The van der Waals surface area contributed by atoms with Gasteiger partial charge < -0.3 is 9.88 Å². The van der Waals surface area contributed by atoms with E-state index in [1.54, 1.807) is 29.8 Å². The maximum absolute atomic E-state index is 12.3. The predicted molar refractivity (Wildman–Crippen MR) is 99.7 cm³/mol. The summed E-state index contributed by atoms with van der Waals surface area (Å²) < 4.78 is 1.96. The average molecular weight is 364 g/mol. The molecule has 0 bridgehead atoms. The number of imidazole rings is 1. The fourth-order valence-corrected chi connectivity index (χ4v) is 3.29. The number of thiophene rings is 1. The Balaban J connectivity index is 1.37. The Labute approximate surface area is 153 Å². The van der Waals surface area contributed by atoms with Crippen molar-refractivity contribution in [3.8, 4) is 22.1 Å². The van der Waals surface area contributed by atoms with E-state index in [-0.39, 0.29) is 5.91 Å². The molecule has 1 amide bonds. The Kier molecular flexibility index (Phi) is 4.57. The zero-order chi connectivity index (χ0) is 17.8. The summed E-state index contributed by atoms with van der Waals surface area (Å²) >= 11 is 1.60. The van der Waals surface area contributed by atoms with Crippen LogP contribution in [0.15, 0.2) is 60.4 Å². The summed E-state index contributed by atoms with van der Waals surface area (Å²) in [5, 5.41) is 11.9. The molecule has 0 spiro atoms. The van der Waals surface area contributed by atoms with Crippen LogP contribution in [-0.2, 0) is 6.54 Å². The number of pyridine rings is 1. The van der Waals surface area contributed by atoms with Crippen LogP contribution in [0.3, 0.4) is 0 Å². The van der Waals surface area contributed by atoms with Gasteiger partial charge in [0.2, 0.25) is 0 Å². The van der Waals surface area contributed by atoms with Crippen molar-refractivity contribution in [3.63, 3.8) is 0 Å². The molecule has 4 aromatic rings. The van der Waals surface area contributed by atoms with Crippen LogP contribution >= 0.6 is 11.3 Å². The van der Waals surface area contributed by atoms with Crippen LogP contribution in [0.25, 0.3) is 22.1 Å². The molecule has 26 heavy (non-hydrogen) atoms. The molecular weight excluding hydrogens is 348 g/mol. The van der Waals surface area contributed by atoms with Crippen LogP contribution in [0.5, 0.6) is 0 Å². The van der Waals surface area contributed by atoms with Crippen molar-refractivity contribution < 1.29 is 4.79 Å². The van der Waals surface area contributed by atoms with E-state index in [0.29, 0.717) is 18.8 Å². The SMILES string of the molecule is O=C(NCCn1ccnc1-c1ccccn1)c1cc(-c2cccs2)[nH]n1. The number of nitrogens with one attached hydrogen (secondary N) is 2. The van der Waals surface area contributed by atoms with Gasteiger partial charge in [0.05, 0.1) is 10.6 Å². The van der Waals surface area contributed by atoms with Gasteiger partial charge in [0.25, 0.3) is 5.91 Å². The molecule has 0 radical (unpaired) electrons. The van der Waals surface area contributed by atoms with Crippen LogP contribution in [0.2, 0.25) is 0 Å². The quantitative estimate of drug-likeness (QED) is 0.551. The van der Waals surface area contributed by atoms with Gasteiger partial charge >= 0.3 is 0 Å². The van der Waals surface area contributed by atoms with Crippen LogP contribution in [0.1, 0.15) is 10.5 Å². The smallest absolute Gasteiger partial charge is 0.271 e. The van der Waals surface area contributed by atoms with E-state index in [0.717, 1.165) is 22.1 Å². The molecule has 2 N–H and O–H groups in total. The third kappa shape index (κ3) is 3.40. The first-order valence-electron chi connectivity index (χ1n) is 8.11. The number of hydrogen-bond acceptors (Lipinski definition) is 5. The molecule has 0 aromatic carbocycles. The monoisotopic (exact) mass is 364 g/mol.